The Morgan fingerprint density at radius 3 is 3.06 bits per heavy atom. The van der Waals surface area contributed by atoms with Gasteiger partial charge in [0.05, 0.1) is 18.8 Å². The monoisotopic (exact) mass is 235 g/mol. The predicted octanol–water partition coefficient (Wildman–Crippen LogP) is 1.65. The maximum absolute atomic E-state index is 11.4. The van der Waals surface area contributed by atoms with Gasteiger partial charge in [0, 0.05) is 12.6 Å². The summed E-state index contributed by atoms with van der Waals surface area (Å²) in [5.74, 6) is -0.327. The van der Waals surface area contributed by atoms with Gasteiger partial charge in [-0.15, -0.1) is 0 Å². The Bertz CT molecular complexity index is 405. The number of nitrogens with two attached hydrogens (primary N) is 1. The molecule has 1 aromatic rings. The van der Waals surface area contributed by atoms with Crippen LogP contribution in [-0.4, -0.2) is 25.7 Å². The van der Waals surface area contributed by atoms with Gasteiger partial charge in [-0.2, -0.15) is 0 Å². The third-order valence-corrected chi connectivity index (χ3v) is 3.00. The Kier molecular flexibility index (Phi) is 3.76. The topological polar surface area (TPSA) is 61.5 Å². The van der Waals surface area contributed by atoms with Crippen molar-refractivity contribution >= 4 is 5.97 Å². The van der Waals surface area contributed by atoms with Crippen molar-refractivity contribution < 1.29 is 14.3 Å². The Morgan fingerprint density at radius 2 is 2.35 bits per heavy atom. The van der Waals surface area contributed by atoms with E-state index in [0.29, 0.717) is 12.2 Å². The number of hydrogen-bond acceptors (Lipinski definition) is 4. The number of benzene rings is 1. The molecule has 1 aliphatic rings. The van der Waals surface area contributed by atoms with Crippen molar-refractivity contribution in [2.75, 3.05) is 13.7 Å². The van der Waals surface area contributed by atoms with E-state index in [-0.39, 0.29) is 18.1 Å². The molecule has 1 aromatic carbocycles. The van der Waals surface area contributed by atoms with E-state index in [1.807, 2.05) is 18.2 Å². The summed E-state index contributed by atoms with van der Waals surface area (Å²) in [7, 11) is 1.38. The molecular formula is C13H17NO3. The summed E-state index contributed by atoms with van der Waals surface area (Å²) in [5.41, 5.74) is 7.45. The van der Waals surface area contributed by atoms with Crippen LogP contribution in [0, 0.1) is 0 Å². The van der Waals surface area contributed by atoms with E-state index >= 15 is 0 Å². The molecule has 2 N–H and O–H groups in total. The molecule has 17 heavy (non-hydrogen) atoms. The van der Waals surface area contributed by atoms with Crippen molar-refractivity contribution in [2.24, 2.45) is 5.73 Å². The molecule has 92 valence electrons. The first-order chi connectivity index (χ1) is 8.20. The molecule has 0 amide bonds. The molecule has 0 aliphatic carbocycles. The second kappa shape index (κ2) is 5.29. The van der Waals surface area contributed by atoms with E-state index in [1.54, 1.807) is 6.07 Å². The lowest BCUT2D eigenvalue weighted by Crippen LogP contribution is -2.30. The summed E-state index contributed by atoms with van der Waals surface area (Å²) in [6, 6.07) is 7.52. The molecular weight excluding hydrogens is 218 g/mol. The number of rotatable bonds is 2. The van der Waals surface area contributed by atoms with Gasteiger partial charge in [-0.05, 0) is 30.5 Å². The van der Waals surface area contributed by atoms with E-state index < -0.39 is 0 Å². The first-order valence-corrected chi connectivity index (χ1v) is 5.76. The largest absolute Gasteiger partial charge is 0.465 e. The smallest absolute Gasteiger partial charge is 0.337 e. The Morgan fingerprint density at radius 1 is 1.53 bits per heavy atom. The van der Waals surface area contributed by atoms with Gasteiger partial charge >= 0.3 is 5.97 Å². The molecule has 4 heteroatoms. The van der Waals surface area contributed by atoms with E-state index in [0.717, 1.165) is 18.4 Å². The molecule has 0 bridgehead atoms. The minimum Gasteiger partial charge on any atom is -0.465 e. The van der Waals surface area contributed by atoms with Crippen LogP contribution in [0.5, 0.6) is 0 Å². The molecule has 0 radical (unpaired) electrons. The zero-order valence-electron chi connectivity index (χ0n) is 9.89. The van der Waals surface area contributed by atoms with E-state index in [4.69, 9.17) is 15.2 Å². The molecule has 0 aromatic heterocycles. The van der Waals surface area contributed by atoms with Crippen LogP contribution < -0.4 is 5.73 Å². The van der Waals surface area contributed by atoms with Crippen LogP contribution in [0.1, 0.15) is 34.9 Å². The Balaban J connectivity index is 2.17. The summed E-state index contributed by atoms with van der Waals surface area (Å²) in [6.45, 7) is 0.675. The zero-order valence-corrected chi connectivity index (χ0v) is 9.89. The van der Waals surface area contributed by atoms with Gasteiger partial charge in [-0.25, -0.2) is 4.79 Å². The predicted molar refractivity (Wildman–Crippen MR) is 63.7 cm³/mol. The fourth-order valence-corrected chi connectivity index (χ4v) is 2.04. The highest BCUT2D eigenvalue weighted by Crippen LogP contribution is 2.27. The highest BCUT2D eigenvalue weighted by molar-refractivity contribution is 5.89. The standard InChI is InChI=1S/C13H17NO3/c1-16-13(15)10-4-2-3-9(7-10)12-8-11(14)5-6-17-12/h2-4,7,11-12H,5-6,8,14H2,1H3/t11-,12-/m1/s1. The normalized spacial score (nSPS) is 24.4. The van der Waals surface area contributed by atoms with Gasteiger partial charge < -0.3 is 15.2 Å². The minimum absolute atomic E-state index is 0.0108. The van der Waals surface area contributed by atoms with E-state index in [9.17, 15) is 4.79 Å². The van der Waals surface area contributed by atoms with E-state index in [1.165, 1.54) is 7.11 Å². The second-order valence-electron chi connectivity index (χ2n) is 4.26. The molecule has 2 atom stereocenters. The van der Waals surface area contributed by atoms with Gasteiger partial charge in [0.2, 0.25) is 0 Å². The number of esters is 1. The van der Waals surface area contributed by atoms with Crippen LogP contribution in [0.25, 0.3) is 0 Å². The Labute approximate surface area is 101 Å². The number of carbonyl (C=O) groups excluding carboxylic acids is 1. The third-order valence-electron chi connectivity index (χ3n) is 3.00. The highest BCUT2D eigenvalue weighted by Gasteiger charge is 2.22. The summed E-state index contributed by atoms with van der Waals surface area (Å²) in [6.07, 6.45) is 1.68. The lowest BCUT2D eigenvalue weighted by Gasteiger charge is -2.27. The van der Waals surface area contributed by atoms with Crippen LogP contribution in [-0.2, 0) is 9.47 Å². The van der Waals surface area contributed by atoms with Gasteiger partial charge in [-0.1, -0.05) is 12.1 Å². The fourth-order valence-electron chi connectivity index (χ4n) is 2.04. The first-order valence-electron chi connectivity index (χ1n) is 5.76. The van der Waals surface area contributed by atoms with Gasteiger partial charge in [0.15, 0.2) is 0 Å². The molecule has 0 unspecified atom stereocenters. The van der Waals surface area contributed by atoms with Gasteiger partial charge in [0.25, 0.3) is 0 Å². The second-order valence-corrected chi connectivity index (χ2v) is 4.26. The summed E-state index contributed by atoms with van der Waals surface area (Å²) >= 11 is 0. The minimum atomic E-state index is -0.327. The highest BCUT2D eigenvalue weighted by atomic mass is 16.5. The molecule has 1 saturated heterocycles. The van der Waals surface area contributed by atoms with Gasteiger partial charge in [-0.3, -0.25) is 0 Å². The number of methoxy groups -OCH3 is 1. The maximum atomic E-state index is 11.4. The lowest BCUT2D eigenvalue weighted by atomic mass is 9.97. The van der Waals surface area contributed by atoms with Crippen LogP contribution >= 0.6 is 0 Å². The third kappa shape index (κ3) is 2.84. The van der Waals surface area contributed by atoms with Crippen LogP contribution in [0.2, 0.25) is 0 Å². The molecule has 1 fully saturated rings. The lowest BCUT2D eigenvalue weighted by molar-refractivity contribution is 0.00662. The summed E-state index contributed by atoms with van der Waals surface area (Å²) < 4.78 is 10.4. The van der Waals surface area contributed by atoms with Gasteiger partial charge in [0.1, 0.15) is 0 Å². The van der Waals surface area contributed by atoms with Crippen molar-refractivity contribution in [3.05, 3.63) is 35.4 Å². The molecule has 1 aliphatic heterocycles. The average molecular weight is 235 g/mol. The number of hydrogen-bond donors (Lipinski definition) is 1. The molecule has 0 spiro atoms. The van der Waals surface area contributed by atoms with E-state index in [2.05, 4.69) is 0 Å². The fraction of sp³-hybridized carbons (Fsp3) is 0.462. The van der Waals surface area contributed by atoms with Crippen molar-refractivity contribution in [3.8, 4) is 0 Å². The van der Waals surface area contributed by atoms with Crippen LogP contribution in [0.4, 0.5) is 0 Å². The Hall–Kier alpha value is -1.39. The van der Waals surface area contributed by atoms with Crippen molar-refractivity contribution in [3.63, 3.8) is 0 Å². The quantitative estimate of drug-likeness (QED) is 0.792. The first kappa shape index (κ1) is 12.1. The summed E-state index contributed by atoms with van der Waals surface area (Å²) in [5, 5.41) is 0. The zero-order chi connectivity index (χ0) is 12.3. The van der Waals surface area contributed by atoms with Crippen LogP contribution in [0.15, 0.2) is 24.3 Å². The maximum Gasteiger partial charge on any atom is 0.337 e. The average Bonchev–Trinajstić information content (AvgIpc) is 2.38. The number of ether oxygens (including phenoxy) is 2. The SMILES string of the molecule is COC(=O)c1cccc([C@H]2C[C@H](N)CCO2)c1. The molecule has 4 nitrogen and oxygen atoms in total. The van der Waals surface area contributed by atoms with Crippen molar-refractivity contribution in [2.45, 2.75) is 25.0 Å². The van der Waals surface area contributed by atoms with Crippen LogP contribution in [0.3, 0.4) is 0 Å². The van der Waals surface area contributed by atoms with Crippen molar-refractivity contribution in [1.82, 2.24) is 0 Å². The molecule has 2 rings (SSSR count). The molecule has 1 heterocycles. The summed E-state index contributed by atoms with van der Waals surface area (Å²) in [4.78, 5) is 11.4. The molecule has 0 saturated carbocycles. The van der Waals surface area contributed by atoms with Crippen molar-refractivity contribution in [1.29, 1.82) is 0 Å². The number of carbonyl (C=O) groups is 1.